The number of aromatic nitrogens is 1. The lowest BCUT2D eigenvalue weighted by Crippen LogP contribution is -2.43. The number of aromatic amines is 1. The fraction of sp³-hybridized carbons (Fsp3) is 0.550. The molecule has 24 heavy (non-hydrogen) atoms. The molecule has 0 radical (unpaired) electrons. The van der Waals surface area contributed by atoms with Crippen LogP contribution in [0.15, 0.2) is 30.3 Å². The van der Waals surface area contributed by atoms with Crippen LogP contribution in [0, 0.1) is 5.92 Å². The average molecular weight is 326 g/mol. The molecule has 2 aromatic rings. The van der Waals surface area contributed by atoms with Crippen LogP contribution in [0.4, 0.5) is 0 Å². The molecule has 1 aromatic heterocycles. The van der Waals surface area contributed by atoms with E-state index in [4.69, 9.17) is 4.74 Å². The van der Waals surface area contributed by atoms with Crippen molar-refractivity contribution in [3.05, 3.63) is 36.0 Å². The van der Waals surface area contributed by atoms with Gasteiger partial charge in [-0.2, -0.15) is 0 Å². The molecule has 2 aliphatic rings. The molecule has 2 heterocycles. The second-order valence-corrected chi connectivity index (χ2v) is 7.33. The van der Waals surface area contributed by atoms with Gasteiger partial charge in [0, 0.05) is 30.2 Å². The van der Waals surface area contributed by atoms with E-state index < -0.39 is 0 Å². The van der Waals surface area contributed by atoms with Gasteiger partial charge >= 0.3 is 0 Å². The van der Waals surface area contributed by atoms with Crippen LogP contribution < -0.4 is 0 Å². The van der Waals surface area contributed by atoms with Crippen LogP contribution in [-0.4, -0.2) is 41.6 Å². The lowest BCUT2D eigenvalue weighted by molar-refractivity contribution is -0.144. The topological polar surface area (TPSA) is 45.3 Å². The highest BCUT2D eigenvalue weighted by atomic mass is 16.5. The number of ether oxygens (including phenoxy) is 1. The zero-order valence-corrected chi connectivity index (χ0v) is 14.3. The largest absolute Gasteiger partial charge is 0.368 e. The van der Waals surface area contributed by atoms with E-state index in [1.807, 2.05) is 11.8 Å². The number of hydrogen-bond donors (Lipinski definition) is 1. The van der Waals surface area contributed by atoms with Crippen molar-refractivity contribution in [2.24, 2.45) is 5.92 Å². The Bertz CT molecular complexity index is 678. The Morgan fingerprint density at radius 2 is 2.00 bits per heavy atom. The predicted octanol–water partition coefficient (Wildman–Crippen LogP) is 3.69. The summed E-state index contributed by atoms with van der Waals surface area (Å²) in [4.78, 5) is 18.0. The first kappa shape index (κ1) is 15.7. The molecule has 1 aromatic carbocycles. The number of rotatable bonds is 5. The number of nitrogens with one attached hydrogen (secondary N) is 1. The van der Waals surface area contributed by atoms with Crippen molar-refractivity contribution in [2.75, 3.05) is 19.7 Å². The summed E-state index contributed by atoms with van der Waals surface area (Å²) >= 11 is 0. The Labute approximate surface area is 143 Å². The number of nitrogens with zero attached hydrogens (tertiary/aromatic N) is 1. The summed E-state index contributed by atoms with van der Waals surface area (Å²) in [5.41, 5.74) is 2.51. The van der Waals surface area contributed by atoms with Gasteiger partial charge in [0.15, 0.2) is 0 Å². The van der Waals surface area contributed by atoms with Crippen molar-refractivity contribution in [3.8, 4) is 0 Å². The molecular weight excluding hydrogens is 300 g/mol. The van der Waals surface area contributed by atoms with Gasteiger partial charge in [0.05, 0.1) is 6.61 Å². The van der Waals surface area contributed by atoms with Gasteiger partial charge in [-0.15, -0.1) is 0 Å². The van der Waals surface area contributed by atoms with Crippen LogP contribution in [0.25, 0.3) is 10.9 Å². The van der Waals surface area contributed by atoms with Crippen molar-refractivity contribution < 1.29 is 9.53 Å². The van der Waals surface area contributed by atoms with Gasteiger partial charge in [0.2, 0.25) is 0 Å². The molecule has 1 atom stereocenters. The molecule has 4 rings (SSSR count). The highest BCUT2D eigenvalue weighted by molar-refractivity contribution is 5.81. The molecular formula is C20H26N2O2. The summed E-state index contributed by atoms with van der Waals surface area (Å²) in [5, 5.41) is 1.27. The summed E-state index contributed by atoms with van der Waals surface area (Å²) in [6.45, 7) is 4.30. The van der Waals surface area contributed by atoms with Crippen LogP contribution in [0.5, 0.6) is 0 Å². The standard InChI is InChI=1S/C20H26N2O2/c1-14(24-13-15-6-7-15)20(23)22-10-8-16(9-11-22)19-12-17-4-2-3-5-18(17)21-19/h2-5,12,14-16,21H,6-11,13H2,1H3. The van der Waals surface area contributed by atoms with Crippen LogP contribution in [0.1, 0.15) is 44.2 Å². The minimum Gasteiger partial charge on any atom is -0.368 e. The third-order valence-corrected chi connectivity index (χ3v) is 5.42. The summed E-state index contributed by atoms with van der Waals surface area (Å²) < 4.78 is 5.73. The number of para-hydroxylation sites is 1. The number of carbonyl (C=O) groups is 1. The minimum atomic E-state index is -0.296. The highest BCUT2D eigenvalue weighted by Crippen LogP contribution is 2.31. The summed E-state index contributed by atoms with van der Waals surface area (Å²) in [5.74, 6) is 1.38. The van der Waals surface area contributed by atoms with Gasteiger partial charge < -0.3 is 14.6 Å². The lowest BCUT2D eigenvalue weighted by atomic mass is 9.93. The summed E-state index contributed by atoms with van der Waals surface area (Å²) in [6, 6.07) is 10.7. The number of carbonyl (C=O) groups excluding carboxylic acids is 1. The van der Waals surface area contributed by atoms with Crippen molar-refractivity contribution in [2.45, 2.75) is 44.6 Å². The van der Waals surface area contributed by atoms with Gasteiger partial charge in [0.25, 0.3) is 5.91 Å². The zero-order chi connectivity index (χ0) is 16.5. The fourth-order valence-electron chi connectivity index (χ4n) is 3.62. The number of amides is 1. The van der Waals surface area contributed by atoms with Crippen molar-refractivity contribution in [1.29, 1.82) is 0 Å². The molecule has 0 spiro atoms. The molecule has 1 N–H and O–H groups in total. The van der Waals surface area contributed by atoms with Crippen LogP contribution >= 0.6 is 0 Å². The Hall–Kier alpha value is -1.81. The van der Waals surface area contributed by atoms with Crippen molar-refractivity contribution in [3.63, 3.8) is 0 Å². The van der Waals surface area contributed by atoms with Crippen LogP contribution in [-0.2, 0) is 9.53 Å². The number of likely N-dealkylation sites (tertiary alicyclic amines) is 1. The van der Waals surface area contributed by atoms with E-state index in [1.165, 1.54) is 29.4 Å². The molecule has 0 bridgehead atoms. The van der Waals surface area contributed by atoms with E-state index in [9.17, 15) is 4.79 Å². The number of fused-ring (bicyclic) bond motifs is 1. The van der Waals surface area contributed by atoms with Crippen LogP contribution in [0.2, 0.25) is 0 Å². The van der Waals surface area contributed by atoms with E-state index in [1.54, 1.807) is 0 Å². The normalized spacial score (nSPS) is 20.5. The fourth-order valence-corrected chi connectivity index (χ4v) is 3.62. The second-order valence-electron chi connectivity index (χ2n) is 7.33. The molecule has 4 nitrogen and oxygen atoms in total. The molecule has 1 saturated heterocycles. The van der Waals surface area contributed by atoms with E-state index >= 15 is 0 Å². The minimum absolute atomic E-state index is 0.158. The smallest absolute Gasteiger partial charge is 0.251 e. The number of H-pyrrole nitrogens is 1. The first-order valence-corrected chi connectivity index (χ1v) is 9.19. The van der Waals surface area contributed by atoms with Gasteiger partial charge in [0.1, 0.15) is 6.10 Å². The van der Waals surface area contributed by atoms with Gasteiger partial charge in [-0.1, -0.05) is 18.2 Å². The molecule has 1 aliphatic heterocycles. The first-order chi connectivity index (χ1) is 11.7. The summed E-state index contributed by atoms with van der Waals surface area (Å²) in [7, 11) is 0. The predicted molar refractivity (Wildman–Crippen MR) is 95.0 cm³/mol. The number of hydrogen-bond acceptors (Lipinski definition) is 2. The molecule has 1 unspecified atom stereocenters. The number of benzene rings is 1. The Morgan fingerprint density at radius 3 is 2.71 bits per heavy atom. The van der Waals surface area contributed by atoms with E-state index in [0.717, 1.165) is 32.5 Å². The SMILES string of the molecule is CC(OCC1CC1)C(=O)N1CCC(c2cc3ccccc3[nH]2)CC1. The molecule has 4 heteroatoms. The maximum atomic E-state index is 12.5. The third-order valence-electron chi connectivity index (χ3n) is 5.42. The van der Waals surface area contributed by atoms with Gasteiger partial charge in [-0.3, -0.25) is 4.79 Å². The monoisotopic (exact) mass is 326 g/mol. The molecule has 128 valence electrons. The third kappa shape index (κ3) is 3.34. The van der Waals surface area contributed by atoms with Crippen LogP contribution in [0.3, 0.4) is 0 Å². The summed E-state index contributed by atoms with van der Waals surface area (Å²) in [6.07, 6.45) is 4.27. The van der Waals surface area contributed by atoms with Gasteiger partial charge in [-0.05, 0) is 56.0 Å². The Morgan fingerprint density at radius 1 is 1.25 bits per heavy atom. The average Bonchev–Trinajstić information content (AvgIpc) is 3.35. The number of piperidine rings is 1. The Kier molecular flexibility index (Phi) is 4.31. The maximum absolute atomic E-state index is 12.5. The second kappa shape index (κ2) is 6.60. The van der Waals surface area contributed by atoms with E-state index in [2.05, 4.69) is 35.3 Å². The lowest BCUT2D eigenvalue weighted by Gasteiger charge is -2.33. The van der Waals surface area contributed by atoms with Gasteiger partial charge in [-0.25, -0.2) is 0 Å². The van der Waals surface area contributed by atoms with Crippen molar-refractivity contribution >= 4 is 16.8 Å². The maximum Gasteiger partial charge on any atom is 0.251 e. The molecule has 1 aliphatic carbocycles. The van der Waals surface area contributed by atoms with E-state index in [0.29, 0.717) is 11.8 Å². The highest BCUT2D eigenvalue weighted by Gasteiger charge is 2.29. The quantitative estimate of drug-likeness (QED) is 0.911. The van der Waals surface area contributed by atoms with Crippen molar-refractivity contribution in [1.82, 2.24) is 9.88 Å². The first-order valence-electron chi connectivity index (χ1n) is 9.19. The van der Waals surface area contributed by atoms with E-state index in [-0.39, 0.29) is 12.0 Å². The molecule has 1 saturated carbocycles. The zero-order valence-electron chi connectivity index (χ0n) is 14.3. The Balaban J connectivity index is 1.33. The molecule has 2 fully saturated rings. The molecule has 1 amide bonds.